The monoisotopic (exact) mass is 162 g/mol. The van der Waals surface area contributed by atoms with Crippen molar-refractivity contribution in [1.82, 2.24) is 0 Å². The van der Waals surface area contributed by atoms with Crippen LogP contribution in [0.5, 0.6) is 0 Å². The van der Waals surface area contributed by atoms with Crippen molar-refractivity contribution >= 4 is 0 Å². The van der Waals surface area contributed by atoms with Crippen LogP contribution in [0.3, 0.4) is 0 Å². The first-order chi connectivity index (χ1) is 5.74. The zero-order chi connectivity index (χ0) is 9.40. The summed E-state index contributed by atoms with van der Waals surface area (Å²) >= 11 is 0. The zero-order valence-electron chi connectivity index (χ0n) is 8.09. The molecule has 0 radical (unpaired) electrons. The van der Waals surface area contributed by atoms with Gasteiger partial charge in [-0.15, -0.1) is 6.58 Å². The average molecular weight is 162 g/mol. The molecule has 0 aromatic rings. The second-order valence-corrected chi connectivity index (χ2v) is 2.78. The lowest BCUT2D eigenvalue weighted by molar-refractivity contribution is 0.939. The molecule has 0 saturated carbocycles. The van der Waals surface area contributed by atoms with E-state index in [1.165, 1.54) is 5.57 Å². The predicted octanol–water partition coefficient (Wildman–Crippen LogP) is 3.89. The first-order valence-electron chi connectivity index (χ1n) is 4.37. The van der Waals surface area contributed by atoms with Crippen LogP contribution in [-0.4, -0.2) is 0 Å². The molecule has 0 aliphatic carbocycles. The molecule has 0 nitrogen and oxygen atoms in total. The van der Waals surface area contributed by atoms with E-state index in [9.17, 15) is 0 Å². The molecule has 0 aliphatic heterocycles. The molecule has 0 bridgehead atoms. The second kappa shape index (κ2) is 6.66. The summed E-state index contributed by atoms with van der Waals surface area (Å²) in [5, 5.41) is 0. The molecule has 0 saturated heterocycles. The van der Waals surface area contributed by atoms with E-state index < -0.39 is 0 Å². The van der Waals surface area contributed by atoms with Crippen LogP contribution >= 0.6 is 0 Å². The minimum Gasteiger partial charge on any atom is -0.102 e. The molecule has 0 spiro atoms. The third kappa shape index (κ3) is 4.73. The van der Waals surface area contributed by atoms with Crippen molar-refractivity contribution in [2.45, 2.75) is 20.3 Å². The first kappa shape index (κ1) is 11.0. The van der Waals surface area contributed by atoms with Gasteiger partial charge in [-0.2, -0.15) is 0 Å². The summed E-state index contributed by atoms with van der Waals surface area (Å²) < 4.78 is 0. The third-order valence-corrected chi connectivity index (χ3v) is 1.73. The van der Waals surface area contributed by atoms with Gasteiger partial charge in [0, 0.05) is 0 Å². The van der Waals surface area contributed by atoms with E-state index in [1.54, 1.807) is 0 Å². The minimum atomic E-state index is 0.449. The van der Waals surface area contributed by atoms with Gasteiger partial charge in [-0.05, 0) is 17.9 Å². The maximum Gasteiger partial charge on any atom is -0.00813 e. The standard InChI is InChI=1S/C12H18/c1-5-8-12(7-3)10-9-11(4)6-2/h5-6,8-11H,1-2,7H2,3-4H3/b10-9-,12-8-. The summed E-state index contributed by atoms with van der Waals surface area (Å²) in [5.74, 6) is 0.449. The van der Waals surface area contributed by atoms with Gasteiger partial charge in [-0.3, -0.25) is 0 Å². The molecule has 0 aromatic carbocycles. The average Bonchev–Trinajstić information content (AvgIpc) is 2.11. The van der Waals surface area contributed by atoms with Gasteiger partial charge in [0.05, 0.1) is 0 Å². The Morgan fingerprint density at radius 3 is 2.50 bits per heavy atom. The van der Waals surface area contributed by atoms with Crippen LogP contribution in [0, 0.1) is 5.92 Å². The molecule has 1 unspecified atom stereocenters. The van der Waals surface area contributed by atoms with Crippen LogP contribution in [-0.2, 0) is 0 Å². The third-order valence-electron chi connectivity index (χ3n) is 1.73. The minimum absolute atomic E-state index is 0.449. The summed E-state index contributed by atoms with van der Waals surface area (Å²) in [4.78, 5) is 0. The van der Waals surface area contributed by atoms with Crippen molar-refractivity contribution in [3.05, 3.63) is 49.1 Å². The van der Waals surface area contributed by atoms with Gasteiger partial charge in [0.25, 0.3) is 0 Å². The van der Waals surface area contributed by atoms with E-state index in [1.807, 2.05) is 18.2 Å². The van der Waals surface area contributed by atoms with E-state index in [4.69, 9.17) is 0 Å². The lowest BCUT2D eigenvalue weighted by atomic mass is 10.1. The Morgan fingerprint density at radius 1 is 1.42 bits per heavy atom. The zero-order valence-corrected chi connectivity index (χ0v) is 8.09. The molecule has 0 amide bonds. The lowest BCUT2D eigenvalue weighted by Crippen LogP contribution is -1.81. The van der Waals surface area contributed by atoms with Crippen molar-refractivity contribution < 1.29 is 0 Å². The van der Waals surface area contributed by atoms with Crippen molar-refractivity contribution in [2.75, 3.05) is 0 Å². The van der Waals surface area contributed by atoms with Crippen molar-refractivity contribution in [1.29, 1.82) is 0 Å². The van der Waals surface area contributed by atoms with E-state index in [0.29, 0.717) is 5.92 Å². The fraction of sp³-hybridized carbons (Fsp3) is 0.333. The molecule has 0 aliphatic rings. The van der Waals surface area contributed by atoms with Gasteiger partial charge in [0.15, 0.2) is 0 Å². The normalized spacial score (nSPS) is 14.7. The van der Waals surface area contributed by atoms with Gasteiger partial charge in [0.1, 0.15) is 0 Å². The number of hydrogen-bond acceptors (Lipinski definition) is 0. The molecule has 0 aromatic heterocycles. The van der Waals surface area contributed by atoms with E-state index in [0.717, 1.165) is 6.42 Å². The molecule has 0 N–H and O–H groups in total. The van der Waals surface area contributed by atoms with E-state index in [-0.39, 0.29) is 0 Å². The summed E-state index contributed by atoms with van der Waals surface area (Å²) in [5.41, 5.74) is 1.30. The topological polar surface area (TPSA) is 0 Å². The van der Waals surface area contributed by atoms with Gasteiger partial charge in [-0.1, -0.05) is 50.8 Å². The second-order valence-electron chi connectivity index (χ2n) is 2.78. The summed E-state index contributed by atoms with van der Waals surface area (Å²) in [6, 6.07) is 0. The fourth-order valence-corrected chi connectivity index (χ4v) is 0.797. The van der Waals surface area contributed by atoms with Crippen molar-refractivity contribution in [3.8, 4) is 0 Å². The Bertz CT molecular complexity index is 194. The molecule has 0 heteroatoms. The molecule has 12 heavy (non-hydrogen) atoms. The fourth-order valence-electron chi connectivity index (χ4n) is 0.797. The summed E-state index contributed by atoms with van der Waals surface area (Å²) in [6.07, 6.45) is 11.1. The van der Waals surface area contributed by atoms with Crippen LogP contribution in [0.15, 0.2) is 49.1 Å². The Labute approximate surface area is 76.0 Å². The Kier molecular flexibility index (Phi) is 6.08. The highest BCUT2D eigenvalue weighted by Gasteiger charge is 1.88. The molecule has 66 valence electrons. The van der Waals surface area contributed by atoms with Gasteiger partial charge in [-0.25, -0.2) is 0 Å². The highest BCUT2D eigenvalue weighted by atomic mass is 13.9. The molecular weight excluding hydrogens is 144 g/mol. The maximum atomic E-state index is 3.72. The SMILES string of the molecule is C=C/C=C(\C=C/C(C)C=C)CC. The van der Waals surface area contributed by atoms with E-state index >= 15 is 0 Å². The molecule has 0 fully saturated rings. The Balaban J connectivity index is 4.18. The predicted molar refractivity (Wildman–Crippen MR) is 57.1 cm³/mol. The molecule has 1 atom stereocenters. The van der Waals surface area contributed by atoms with Crippen LogP contribution < -0.4 is 0 Å². The first-order valence-corrected chi connectivity index (χ1v) is 4.37. The Hall–Kier alpha value is -1.04. The van der Waals surface area contributed by atoms with Gasteiger partial charge in [0.2, 0.25) is 0 Å². The van der Waals surface area contributed by atoms with Crippen LogP contribution in [0.1, 0.15) is 20.3 Å². The lowest BCUT2D eigenvalue weighted by Gasteiger charge is -1.97. The van der Waals surface area contributed by atoms with E-state index in [2.05, 4.69) is 39.2 Å². The summed E-state index contributed by atoms with van der Waals surface area (Å²) in [6.45, 7) is 11.6. The van der Waals surface area contributed by atoms with Gasteiger partial charge < -0.3 is 0 Å². The smallest absolute Gasteiger partial charge is 0.00813 e. The van der Waals surface area contributed by atoms with Crippen molar-refractivity contribution in [3.63, 3.8) is 0 Å². The maximum absolute atomic E-state index is 3.72. The quantitative estimate of drug-likeness (QED) is 0.425. The Morgan fingerprint density at radius 2 is 2.08 bits per heavy atom. The largest absolute Gasteiger partial charge is 0.102 e. The van der Waals surface area contributed by atoms with Crippen LogP contribution in [0.25, 0.3) is 0 Å². The molecule has 0 heterocycles. The van der Waals surface area contributed by atoms with Crippen molar-refractivity contribution in [2.24, 2.45) is 5.92 Å². The highest BCUT2D eigenvalue weighted by molar-refractivity contribution is 5.23. The number of allylic oxidation sites excluding steroid dienone is 6. The number of rotatable bonds is 5. The number of hydrogen-bond donors (Lipinski definition) is 0. The van der Waals surface area contributed by atoms with Crippen LogP contribution in [0.2, 0.25) is 0 Å². The highest BCUT2D eigenvalue weighted by Crippen LogP contribution is 2.06. The van der Waals surface area contributed by atoms with Gasteiger partial charge >= 0.3 is 0 Å². The molecule has 0 rings (SSSR count). The molecular formula is C12H18. The van der Waals surface area contributed by atoms with Crippen LogP contribution in [0.4, 0.5) is 0 Å². The summed E-state index contributed by atoms with van der Waals surface area (Å²) in [7, 11) is 0.